The first kappa shape index (κ1) is 14.5. The highest BCUT2D eigenvalue weighted by Crippen LogP contribution is 2.17. The number of thioether (sulfide) groups is 1. The molecule has 0 radical (unpaired) electrons. The van der Waals surface area contributed by atoms with E-state index >= 15 is 0 Å². The summed E-state index contributed by atoms with van der Waals surface area (Å²) in [5.74, 6) is 1.58. The number of rotatable bonds is 7. The van der Waals surface area contributed by atoms with E-state index in [0.29, 0.717) is 12.3 Å². The van der Waals surface area contributed by atoms with E-state index in [1.807, 2.05) is 18.2 Å². The molecular weight excluding hydrogens is 270 g/mol. The molecule has 0 aliphatic rings. The minimum Gasteiger partial charge on any atom is -0.465 e. The second kappa shape index (κ2) is 8.27. The molecule has 3 nitrogen and oxygen atoms in total. The van der Waals surface area contributed by atoms with Gasteiger partial charge in [0, 0.05) is 17.5 Å². The van der Waals surface area contributed by atoms with Crippen LogP contribution in [0.15, 0.2) is 64.1 Å². The summed E-state index contributed by atoms with van der Waals surface area (Å²) in [5, 5.41) is 2.85. The fourth-order valence-electron chi connectivity index (χ4n) is 1.59. The lowest BCUT2D eigenvalue weighted by Crippen LogP contribution is -2.22. The van der Waals surface area contributed by atoms with Crippen molar-refractivity contribution in [3.8, 4) is 0 Å². The van der Waals surface area contributed by atoms with Gasteiger partial charge in [-0.05, 0) is 42.5 Å². The molecule has 104 valence electrons. The maximum Gasteiger partial charge on any atom is 0.244 e. The maximum absolute atomic E-state index is 11.5. The van der Waals surface area contributed by atoms with E-state index in [4.69, 9.17) is 4.42 Å². The monoisotopic (exact) mass is 287 g/mol. The Morgan fingerprint density at radius 3 is 2.80 bits per heavy atom. The molecule has 20 heavy (non-hydrogen) atoms. The van der Waals surface area contributed by atoms with Gasteiger partial charge in [0.2, 0.25) is 5.91 Å². The van der Waals surface area contributed by atoms with Crippen LogP contribution >= 0.6 is 11.8 Å². The zero-order chi connectivity index (χ0) is 14.0. The Bertz CT molecular complexity index is 535. The summed E-state index contributed by atoms with van der Waals surface area (Å²) >= 11 is 1.80. The van der Waals surface area contributed by atoms with Gasteiger partial charge in [-0.25, -0.2) is 0 Å². The molecule has 0 bridgehead atoms. The summed E-state index contributed by atoms with van der Waals surface area (Å²) in [6.07, 6.45) is 5.68. The van der Waals surface area contributed by atoms with Crippen LogP contribution in [0.5, 0.6) is 0 Å². The molecule has 0 atom stereocenters. The summed E-state index contributed by atoms with van der Waals surface area (Å²) in [4.78, 5) is 12.8. The van der Waals surface area contributed by atoms with Crippen molar-refractivity contribution in [1.29, 1.82) is 0 Å². The van der Waals surface area contributed by atoms with Gasteiger partial charge in [-0.3, -0.25) is 4.79 Å². The molecule has 1 N–H and O–H groups in total. The number of hydrogen-bond acceptors (Lipinski definition) is 3. The van der Waals surface area contributed by atoms with Crippen LogP contribution in [0.3, 0.4) is 0 Å². The van der Waals surface area contributed by atoms with E-state index in [1.165, 1.54) is 11.0 Å². The van der Waals surface area contributed by atoms with Crippen molar-refractivity contribution >= 4 is 23.7 Å². The van der Waals surface area contributed by atoms with Crippen molar-refractivity contribution in [3.63, 3.8) is 0 Å². The summed E-state index contributed by atoms with van der Waals surface area (Å²) < 4.78 is 5.11. The van der Waals surface area contributed by atoms with Crippen molar-refractivity contribution in [3.05, 3.63) is 60.6 Å². The Hall–Kier alpha value is -1.94. The van der Waals surface area contributed by atoms with Gasteiger partial charge in [0.1, 0.15) is 5.76 Å². The van der Waals surface area contributed by atoms with Crippen LogP contribution in [0.2, 0.25) is 0 Å². The largest absolute Gasteiger partial charge is 0.465 e. The number of hydrogen-bond donors (Lipinski definition) is 1. The summed E-state index contributed by atoms with van der Waals surface area (Å²) in [6, 6.07) is 13.9. The zero-order valence-corrected chi connectivity index (χ0v) is 11.9. The third kappa shape index (κ3) is 5.36. The average Bonchev–Trinajstić information content (AvgIpc) is 2.99. The van der Waals surface area contributed by atoms with E-state index in [-0.39, 0.29) is 5.91 Å². The lowest BCUT2D eigenvalue weighted by molar-refractivity contribution is -0.116. The number of nitrogens with one attached hydrogen (secondary N) is 1. The predicted octanol–water partition coefficient (Wildman–Crippen LogP) is 3.59. The molecule has 2 rings (SSSR count). The van der Waals surface area contributed by atoms with Crippen LogP contribution in [-0.4, -0.2) is 18.2 Å². The highest BCUT2D eigenvalue weighted by Gasteiger charge is 1.97. The Morgan fingerprint density at radius 1 is 1.20 bits per heavy atom. The van der Waals surface area contributed by atoms with Crippen molar-refractivity contribution in [1.82, 2.24) is 5.32 Å². The molecule has 0 saturated heterocycles. The maximum atomic E-state index is 11.5. The fraction of sp³-hybridized carbons (Fsp3) is 0.188. The van der Waals surface area contributed by atoms with Crippen LogP contribution in [0, 0.1) is 0 Å². The Balaban J connectivity index is 1.58. The Kier molecular flexibility index (Phi) is 5.99. The van der Waals surface area contributed by atoms with Crippen LogP contribution in [0.1, 0.15) is 12.2 Å². The summed E-state index contributed by atoms with van der Waals surface area (Å²) in [7, 11) is 0. The molecule has 0 unspecified atom stereocenters. The van der Waals surface area contributed by atoms with E-state index < -0.39 is 0 Å². The molecule has 0 fully saturated rings. The molecule has 0 saturated carbocycles. The number of furan rings is 1. The molecule has 1 heterocycles. The molecule has 1 amide bonds. The SMILES string of the molecule is O=C(/C=C/c1ccco1)NCCCSc1ccccc1. The van der Waals surface area contributed by atoms with E-state index in [1.54, 1.807) is 36.2 Å². The van der Waals surface area contributed by atoms with Crippen molar-refractivity contribution in [2.45, 2.75) is 11.3 Å². The topological polar surface area (TPSA) is 42.2 Å². The van der Waals surface area contributed by atoms with E-state index in [2.05, 4.69) is 17.4 Å². The third-order valence-electron chi connectivity index (χ3n) is 2.57. The predicted molar refractivity (Wildman–Crippen MR) is 82.5 cm³/mol. The van der Waals surface area contributed by atoms with Crippen LogP contribution < -0.4 is 5.32 Å². The second-order valence-corrected chi connectivity index (χ2v) is 5.32. The minimum absolute atomic E-state index is 0.0916. The molecule has 1 aromatic carbocycles. The first-order chi connectivity index (χ1) is 9.84. The fourth-order valence-corrected chi connectivity index (χ4v) is 2.47. The Morgan fingerprint density at radius 2 is 2.05 bits per heavy atom. The van der Waals surface area contributed by atoms with E-state index in [9.17, 15) is 4.79 Å². The second-order valence-electron chi connectivity index (χ2n) is 4.15. The van der Waals surface area contributed by atoms with Crippen LogP contribution in [0.25, 0.3) is 6.08 Å². The van der Waals surface area contributed by atoms with Gasteiger partial charge in [0.25, 0.3) is 0 Å². The van der Waals surface area contributed by atoms with Crippen molar-refractivity contribution < 1.29 is 9.21 Å². The molecule has 0 aliphatic heterocycles. The molecule has 1 aromatic heterocycles. The van der Waals surface area contributed by atoms with Crippen molar-refractivity contribution in [2.24, 2.45) is 0 Å². The highest BCUT2D eigenvalue weighted by molar-refractivity contribution is 7.99. The average molecular weight is 287 g/mol. The Labute approximate surface area is 123 Å². The van der Waals surface area contributed by atoms with Crippen LogP contribution in [0.4, 0.5) is 0 Å². The smallest absolute Gasteiger partial charge is 0.244 e. The lowest BCUT2D eigenvalue weighted by Gasteiger charge is -2.02. The third-order valence-corrected chi connectivity index (χ3v) is 3.67. The summed E-state index contributed by atoms with van der Waals surface area (Å²) in [6.45, 7) is 0.682. The number of amides is 1. The normalized spacial score (nSPS) is 10.8. The standard InChI is InChI=1S/C16H17NO2S/c18-16(10-9-14-6-4-12-19-14)17-11-5-13-20-15-7-2-1-3-8-15/h1-4,6-10,12H,5,11,13H2,(H,17,18)/b10-9+. The van der Waals surface area contributed by atoms with Gasteiger partial charge >= 0.3 is 0 Å². The van der Waals surface area contributed by atoms with E-state index in [0.717, 1.165) is 12.2 Å². The first-order valence-corrected chi connectivity index (χ1v) is 7.50. The molecule has 0 aliphatic carbocycles. The quantitative estimate of drug-likeness (QED) is 0.481. The number of carbonyl (C=O) groups is 1. The highest BCUT2D eigenvalue weighted by atomic mass is 32.2. The van der Waals surface area contributed by atoms with Gasteiger partial charge in [-0.2, -0.15) is 0 Å². The number of carbonyl (C=O) groups excluding carboxylic acids is 1. The number of benzene rings is 1. The minimum atomic E-state index is -0.0916. The zero-order valence-electron chi connectivity index (χ0n) is 11.1. The van der Waals surface area contributed by atoms with Gasteiger partial charge in [-0.1, -0.05) is 18.2 Å². The van der Waals surface area contributed by atoms with Gasteiger partial charge < -0.3 is 9.73 Å². The van der Waals surface area contributed by atoms with Crippen molar-refractivity contribution in [2.75, 3.05) is 12.3 Å². The molecular formula is C16H17NO2S. The lowest BCUT2D eigenvalue weighted by atomic mass is 10.4. The molecule has 2 aromatic rings. The van der Waals surface area contributed by atoms with Gasteiger partial charge in [0.05, 0.1) is 6.26 Å². The van der Waals surface area contributed by atoms with Gasteiger partial charge in [-0.15, -0.1) is 11.8 Å². The summed E-state index contributed by atoms with van der Waals surface area (Å²) in [5.41, 5.74) is 0. The molecule has 4 heteroatoms. The first-order valence-electron chi connectivity index (χ1n) is 6.52. The van der Waals surface area contributed by atoms with Crippen LogP contribution in [-0.2, 0) is 4.79 Å². The molecule has 0 spiro atoms. The van der Waals surface area contributed by atoms with Gasteiger partial charge in [0.15, 0.2) is 0 Å².